The van der Waals surface area contributed by atoms with Crippen molar-refractivity contribution in [1.82, 2.24) is 14.6 Å². The monoisotopic (exact) mass is 242 g/mol. The standard InChI is InChI=1S/C13H14N4O/c1-3-9-11(14-2)12-15-10-7-5-4-6-8(10)13(18)17(12)16-9/h16H,3-7H2,1H3. The molecule has 1 aliphatic carbocycles. The Bertz CT molecular complexity index is 717. The zero-order chi connectivity index (χ0) is 12.7. The summed E-state index contributed by atoms with van der Waals surface area (Å²) < 4.78 is 1.44. The first-order valence-corrected chi connectivity index (χ1v) is 6.29. The normalized spacial score (nSPS) is 14.4. The van der Waals surface area contributed by atoms with Crippen LogP contribution in [0.1, 0.15) is 36.7 Å². The van der Waals surface area contributed by atoms with Gasteiger partial charge >= 0.3 is 0 Å². The average molecular weight is 242 g/mol. The number of aryl methyl sites for hydroxylation is 2. The number of H-pyrrole nitrogens is 1. The van der Waals surface area contributed by atoms with Gasteiger partial charge in [0.2, 0.25) is 0 Å². The van der Waals surface area contributed by atoms with Crippen molar-refractivity contribution in [1.29, 1.82) is 0 Å². The number of hydrogen-bond acceptors (Lipinski definition) is 2. The molecule has 1 aliphatic rings. The zero-order valence-corrected chi connectivity index (χ0v) is 10.3. The van der Waals surface area contributed by atoms with Crippen molar-refractivity contribution >= 4 is 11.3 Å². The summed E-state index contributed by atoms with van der Waals surface area (Å²) in [7, 11) is 0. The minimum Gasteiger partial charge on any atom is -0.305 e. The third-order valence-electron chi connectivity index (χ3n) is 3.56. The molecule has 92 valence electrons. The molecule has 0 unspecified atom stereocenters. The molecule has 0 saturated carbocycles. The highest BCUT2D eigenvalue weighted by Crippen LogP contribution is 2.25. The van der Waals surface area contributed by atoms with Gasteiger partial charge in [-0.15, -0.1) is 0 Å². The van der Waals surface area contributed by atoms with Crippen LogP contribution in [0.3, 0.4) is 0 Å². The van der Waals surface area contributed by atoms with Gasteiger partial charge in [0.1, 0.15) is 0 Å². The van der Waals surface area contributed by atoms with Gasteiger partial charge in [-0.2, -0.15) is 0 Å². The highest BCUT2D eigenvalue weighted by molar-refractivity contribution is 5.71. The van der Waals surface area contributed by atoms with Gasteiger partial charge < -0.3 is 5.10 Å². The zero-order valence-electron chi connectivity index (χ0n) is 10.3. The van der Waals surface area contributed by atoms with Crippen molar-refractivity contribution in [3.63, 3.8) is 0 Å². The summed E-state index contributed by atoms with van der Waals surface area (Å²) in [4.78, 5) is 20.4. The van der Waals surface area contributed by atoms with Gasteiger partial charge in [0.05, 0.1) is 12.3 Å². The fourth-order valence-electron chi connectivity index (χ4n) is 2.60. The molecular weight excluding hydrogens is 228 g/mol. The molecule has 5 nitrogen and oxygen atoms in total. The van der Waals surface area contributed by atoms with Crippen molar-refractivity contribution in [3.05, 3.63) is 38.7 Å². The molecule has 0 radical (unpaired) electrons. The molecule has 0 aromatic carbocycles. The molecular formula is C13H14N4O. The number of rotatable bonds is 1. The van der Waals surface area contributed by atoms with Crippen LogP contribution in [0.25, 0.3) is 10.5 Å². The van der Waals surface area contributed by atoms with E-state index in [0.717, 1.165) is 42.6 Å². The van der Waals surface area contributed by atoms with Crippen molar-refractivity contribution < 1.29 is 0 Å². The van der Waals surface area contributed by atoms with Gasteiger partial charge in [-0.1, -0.05) is 6.92 Å². The number of aromatic amines is 1. The second-order valence-corrected chi connectivity index (χ2v) is 4.61. The molecule has 0 fully saturated rings. The minimum absolute atomic E-state index is 0.0284. The first-order chi connectivity index (χ1) is 8.76. The van der Waals surface area contributed by atoms with Crippen molar-refractivity contribution in [2.45, 2.75) is 39.0 Å². The second-order valence-electron chi connectivity index (χ2n) is 4.61. The smallest absolute Gasteiger partial charge is 0.274 e. The van der Waals surface area contributed by atoms with Crippen LogP contribution in [-0.4, -0.2) is 14.6 Å². The largest absolute Gasteiger partial charge is 0.305 e. The molecule has 0 atom stereocenters. The highest BCUT2D eigenvalue weighted by Gasteiger charge is 2.20. The number of aromatic nitrogens is 3. The summed E-state index contributed by atoms with van der Waals surface area (Å²) in [6.45, 7) is 9.21. The van der Waals surface area contributed by atoms with Gasteiger partial charge in [0.15, 0.2) is 5.65 Å². The van der Waals surface area contributed by atoms with E-state index in [1.165, 1.54) is 4.52 Å². The molecule has 18 heavy (non-hydrogen) atoms. The van der Waals surface area contributed by atoms with Crippen molar-refractivity contribution in [2.75, 3.05) is 0 Å². The predicted molar refractivity (Wildman–Crippen MR) is 68.1 cm³/mol. The summed E-state index contributed by atoms with van der Waals surface area (Å²) in [5, 5.41) is 3.01. The van der Waals surface area contributed by atoms with Crippen LogP contribution in [0.15, 0.2) is 4.79 Å². The van der Waals surface area contributed by atoms with Crippen LogP contribution >= 0.6 is 0 Å². The lowest BCUT2D eigenvalue weighted by Crippen LogP contribution is -2.24. The predicted octanol–water partition coefficient (Wildman–Crippen LogP) is 2.01. The van der Waals surface area contributed by atoms with Gasteiger partial charge in [-0.05, 0) is 32.1 Å². The van der Waals surface area contributed by atoms with Crippen LogP contribution in [-0.2, 0) is 19.3 Å². The maximum Gasteiger partial charge on any atom is 0.274 e. The van der Waals surface area contributed by atoms with Crippen LogP contribution in [0.4, 0.5) is 5.69 Å². The number of hydrogen-bond donors (Lipinski definition) is 1. The Kier molecular flexibility index (Phi) is 2.44. The maximum atomic E-state index is 12.4. The van der Waals surface area contributed by atoms with Gasteiger partial charge in [0.25, 0.3) is 11.2 Å². The van der Waals surface area contributed by atoms with E-state index in [9.17, 15) is 4.79 Å². The Balaban J connectivity index is 2.41. The van der Waals surface area contributed by atoms with Crippen molar-refractivity contribution in [2.24, 2.45) is 0 Å². The van der Waals surface area contributed by atoms with Crippen molar-refractivity contribution in [3.8, 4) is 0 Å². The summed E-state index contributed by atoms with van der Waals surface area (Å²) in [5.74, 6) is 0. The van der Waals surface area contributed by atoms with Gasteiger partial charge in [-0.25, -0.2) is 14.3 Å². The molecule has 2 aromatic rings. The lowest BCUT2D eigenvalue weighted by Gasteiger charge is -2.13. The SMILES string of the molecule is [C-]#[N+]c1c(CC)[nH]n2c(=O)c3c(nc12)CCCC3. The van der Waals surface area contributed by atoms with E-state index in [-0.39, 0.29) is 5.56 Å². The van der Waals surface area contributed by atoms with E-state index in [2.05, 4.69) is 14.9 Å². The van der Waals surface area contributed by atoms with E-state index < -0.39 is 0 Å². The number of nitrogens with zero attached hydrogens (tertiary/aromatic N) is 3. The van der Waals surface area contributed by atoms with E-state index >= 15 is 0 Å². The van der Waals surface area contributed by atoms with Gasteiger partial charge in [0, 0.05) is 11.3 Å². The molecule has 2 aromatic heterocycles. The molecule has 0 spiro atoms. The first kappa shape index (κ1) is 11.0. The quantitative estimate of drug-likeness (QED) is 0.778. The van der Waals surface area contributed by atoms with Crippen LogP contribution in [0.5, 0.6) is 0 Å². The Morgan fingerprint density at radius 2 is 2.22 bits per heavy atom. The van der Waals surface area contributed by atoms with Gasteiger partial charge in [-0.3, -0.25) is 4.79 Å². The van der Waals surface area contributed by atoms with Crippen LogP contribution < -0.4 is 5.56 Å². The highest BCUT2D eigenvalue weighted by atomic mass is 16.1. The third kappa shape index (κ3) is 1.39. The molecule has 0 amide bonds. The fraction of sp³-hybridized carbons (Fsp3) is 0.462. The fourth-order valence-corrected chi connectivity index (χ4v) is 2.60. The number of nitrogens with one attached hydrogen (secondary N) is 1. The Hall–Kier alpha value is -2.09. The van der Waals surface area contributed by atoms with E-state index in [1.54, 1.807) is 0 Å². The molecule has 3 rings (SSSR count). The van der Waals surface area contributed by atoms with E-state index in [4.69, 9.17) is 6.57 Å². The molecule has 2 heterocycles. The molecule has 5 heteroatoms. The lowest BCUT2D eigenvalue weighted by molar-refractivity contribution is 0.650. The summed E-state index contributed by atoms with van der Waals surface area (Å²) in [6, 6.07) is 0. The topological polar surface area (TPSA) is 54.5 Å². The lowest BCUT2D eigenvalue weighted by atomic mass is 9.97. The Morgan fingerprint density at radius 1 is 1.44 bits per heavy atom. The summed E-state index contributed by atoms with van der Waals surface area (Å²) in [5.41, 5.74) is 3.45. The Labute approximate surface area is 104 Å². The van der Waals surface area contributed by atoms with Crippen LogP contribution in [0.2, 0.25) is 0 Å². The average Bonchev–Trinajstić information content (AvgIpc) is 2.77. The number of fused-ring (bicyclic) bond motifs is 2. The maximum absolute atomic E-state index is 12.4. The third-order valence-corrected chi connectivity index (χ3v) is 3.56. The van der Waals surface area contributed by atoms with E-state index in [1.807, 2.05) is 6.92 Å². The molecule has 0 aliphatic heterocycles. The molecule has 0 saturated heterocycles. The molecule has 1 N–H and O–H groups in total. The first-order valence-electron chi connectivity index (χ1n) is 6.29. The Morgan fingerprint density at radius 3 is 2.94 bits per heavy atom. The summed E-state index contributed by atoms with van der Waals surface area (Å²) >= 11 is 0. The van der Waals surface area contributed by atoms with E-state index in [0.29, 0.717) is 17.8 Å². The van der Waals surface area contributed by atoms with Crippen LogP contribution in [0, 0.1) is 6.57 Å². The summed E-state index contributed by atoms with van der Waals surface area (Å²) in [6.07, 6.45) is 4.48. The second kappa shape index (κ2) is 3.98. The minimum atomic E-state index is -0.0284. The molecule has 0 bridgehead atoms.